The van der Waals surface area contributed by atoms with Gasteiger partial charge in [0.15, 0.2) is 0 Å². The molecule has 128 valence electrons. The molecule has 1 fully saturated rings. The molecular weight excluding hydrogens is 304 g/mol. The third kappa shape index (κ3) is 8.00. The number of likely N-dealkylation sites (N-methyl/N-ethyl adjacent to an activating group) is 1. The second-order valence-corrected chi connectivity index (χ2v) is 6.86. The summed E-state index contributed by atoms with van der Waals surface area (Å²) in [5.41, 5.74) is 0. The van der Waals surface area contributed by atoms with Crippen molar-refractivity contribution in [2.45, 2.75) is 32.3 Å². The van der Waals surface area contributed by atoms with Crippen LogP contribution in [0.3, 0.4) is 0 Å². The van der Waals surface area contributed by atoms with Gasteiger partial charge >= 0.3 is 5.97 Å². The minimum atomic E-state index is -0.852. The fraction of sp³-hybridized carbons (Fsp3) is 0.867. The molecule has 1 unspecified atom stereocenters. The molecule has 0 saturated carbocycles. The lowest BCUT2D eigenvalue weighted by Gasteiger charge is -2.34. The molecule has 0 radical (unpaired) electrons. The Balaban J connectivity index is 2.26. The van der Waals surface area contributed by atoms with E-state index in [0.717, 1.165) is 11.5 Å². The second kappa shape index (κ2) is 10.9. The van der Waals surface area contributed by atoms with Crippen LogP contribution in [0.5, 0.6) is 0 Å². The Morgan fingerprint density at radius 2 is 2.18 bits per heavy atom. The summed E-state index contributed by atoms with van der Waals surface area (Å²) in [7, 11) is 1.75. The van der Waals surface area contributed by atoms with Crippen molar-refractivity contribution in [1.29, 1.82) is 0 Å². The van der Waals surface area contributed by atoms with Crippen molar-refractivity contribution in [3.05, 3.63) is 0 Å². The predicted octanol–water partition coefficient (Wildman–Crippen LogP) is 1.15. The second-order valence-electron chi connectivity index (χ2n) is 5.64. The molecule has 0 aromatic heterocycles. The van der Waals surface area contributed by atoms with E-state index in [-0.39, 0.29) is 18.6 Å². The Bertz CT molecular complexity index is 354. The van der Waals surface area contributed by atoms with Gasteiger partial charge in [-0.05, 0) is 19.2 Å². The molecule has 1 saturated heterocycles. The van der Waals surface area contributed by atoms with Gasteiger partial charge in [0.25, 0.3) is 0 Å². The van der Waals surface area contributed by atoms with E-state index in [0.29, 0.717) is 32.7 Å². The smallest absolute Gasteiger partial charge is 0.317 e. The molecule has 0 bridgehead atoms. The number of hydrogen-bond acceptors (Lipinski definition) is 5. The van der Waals surface area contributed by atoms with Crippen LogP contribution in [-0.2, 0) is 14.3 Å². The lowest BCUT2D eigenvalue weighted by Crippen LogP contribution is -2.49. The molecule has 1 heterocycles. The Kier molecular flexibility index (Phi) is 9.50. The van der Waals surface area contributed by atoms with Crippen LogP contribution in [0.2, 0.25) is 0 Å². The number of carboxylic acid groups (broad SMARTS) is 1. The highest BCUT2D eigenvalue weighted by Crippen LogP contribution is 2.11. The Morgan fingerprint density at radius 3 is 2.86 bits per heavy atom. The van der Waals surface area contributed by atoms with Crippen LogP contribution in [0.25, 0.3) is 0 Å². The topological polar surface area (TPSA) is 70.1 Å². The molecule has 22 heavy (non-hydrogen) atoms. The molecule has 1 atom stereocenters. The summed E-state index contributed by atoms with van der Waals surface area (Å²) in [6.07, 6.45) is 2.87. The van der Waals surface area contributed by atoms with Gasteiger partial charge in [-0.1, -0.05) is 13.3 Å². The lowest BCUT2D eigenvalue weighted by molar-refractivity contribution is -0.142. The van der Waals surface area contributed by atoms with Gasteiger partial charge in [0.1, 0.15) is 0 Å². The fourth-order valence-corrected chi connectivity index (χ4v) is 3.38. The molecule has 1 amide bonds. The molecule has 1 rings (SSSR count). The van der Waals surface area contributed by atoms with Crippen molar-refractivity contribution in [2.75, 3.05) is 51.3 Å². The summed E-state index contributed by atoms with van der Waals surface area (Å²) in [5.74, 6) is 1.32. The van der Waals surface area contributed by atoms with Gasteiger partial charge in [-0.2, -0.15) is 11.8 Å². The quantitative estimate of drug-likeness (QED) is 0.605. The zero-order chi connectivity index (χ0) is 16.4. The van der Waals surface area contributed by atoms with Gasteiger partial charge in [-0.3, -0.25) is 14.5 Å². The van der Waals surface area contributed by atoms with Crippen LogP contribution in [0.15, 0.2) is 0 Å². The highest BCUT2D eigenvalue weighted by Gasteiger charge is 2.25. The van der Waals surface area contributed by atoms with E-state index < -0.39 is 5.97 Å². The SMILES string of the molecule is CCCCSCCC(=O)N1CCOC(CN(C)CC(=O)O)C1. The van der Waals surface area contributed by atoms with Crippen molar-refractivity contribution >= 4 is 23.6 Å². The molecular formula is C15H28N2O4S. The normalized spacial score (nSPS) is 18.7. The van der Waals surface area contributed by atoms with E-state index in [1.54, 1.807) is 11.9 Å². The van der Waals surface area contributed by atoms with Gasteiger partial charge in [-0.15, -0.1) is 0 Å². The first-order valence-electron chi connectivity index (χ1n) is 7.90. The molecule has 0 aromatic carbocycles. The number of amides is 1. The monoisotopic (exact) mass is 332 g/mol. The van der Waals surface area contributed by atoms with Crippen molar-refractivity contribution in [1.82, 2.24) is 9.80 Å². The molecule has 0 aromatic rings. The van der Waals surface area contributed by atoms with Crippen LogP contribution < -0.4 is 0 Å². The van der Waals surface area contributed by atoms with E-state index in [9.17, 15) is 9.59 Å². The van der Waals surface area contributed by atoms with Crippen LogP contribution in [0.1, 0.15) is 26.2 Å². The van der Waals surface area contributed by atoms with Gasteiger partial charge < -0.3 is 14.7 Å². The first-order valence-corrected chi connectivity index (χ1v) is 9.05. The van der Waals surface area contributed by atoms with E-state index in [1.165, 1.54) is 12.8 Å². The number of aliphatic carboxylic acids is 1. The maximum atomic E-state index is 12.2. The summed E-state index contributed by atoms with van der Waals surface area (Å²) in [6, 6.07) is 0. The third-order valence-corrected chi connectivity index (χ3v) is 4.58. The first-order chi connectivity index (χ1) is 10.5. The van der Waals surface area contributed by atoms with Crippen molar-refractivity contribution in [3.8, 4) is 0 Å². The van der Waals surface area contributed by atoms with Crippen molar-refractivity contribution < 1.29 is 19.4 Å². The van der Waals surface area contributed by atoms with E-state index in [1.807, 2.05) is 16.7 Å². The minimum Gasteiger partial charge on any atom is -0.480 e. The number of carbonyl (C=O) groups is 2. The highest BCUT2D eigenvalue weighted by atomic mass is 32.2. The summed E-state index contributed by atoms with van der Waals surface area (Å²) >= 11 is 1.84. The predicted molar refractivity (Wildman–Crippen MR) is 88.3 cm³/mol. The third-order valence-electron chi connectivity index (χ3n) is 3.51. The summed E-state index contributed by atoms with van der Waals surface area (Å²) in [5, 5.41) is 8.76. The Morgan fingerprint density at radius 1 is 1.41 bits per heavy atom. The van der Waals surface area contributed by atoms with Gasteiger partial charge in [0.05, 0.1) is 19.3 Å². The number of rotatable bonds is 10. The number of ether oxygens (including phenoxy) is 1. The van der Waals surface area contributed by atoms with Crippen LogP contribution in [-0.4, -0.2) is 84.2 Å². The Labute approximate surface area is 137 Å². The zero-order valence-corrected chi connectivity index (χ0v) is 14.4. The van der Waals surface area contributed by atoms with Crippen LogP contribution >= 0.6 is 11.8 Å². The molecule has 1 N–H and O–H groups in total. The first kappa shape index (κ1) is 19.3. The number of carbonyl (C=O) groups excluding carboxylic acids is 1. The molecule has 0 aliphatic carbocycles. The number of carboxylic acids is 1. The molecule has 1 aliphatic rings. The summed E-state index contributed by atoms with van der Waals surface area (Å²) in [6.45, 7) is 4.41. The largest absolute Gasteiger partial charge is 0.480 e. The highest BCUT2D eigenvalue weighted by molar-refractivity contribution is 7.99. The average Bonchev–Trinajstić information content (AvgIpc) is 2.46. The van der Waals surface area contributed by atoms with Gasteiger partial charge in [-0.25, -0.2) is 0 Å². The number of morpholine rings is 1. The van der Waals surface area contributed by atoms with Gasteiger partial charge in [0, 0.05) is 31.8 Å². The zero-order valence-electron chi connectivity index (χ0n) is 13.6. The van der Waals surface area contributed by atoms with E-state index in [4.69, 9.17) is 9.84 Å². The summed E-state index contributed by atoms with van der Waals surface area (Å²) in [4.78, 5) is 26.4. The molecule has 6 nitrogen and oxygen atoms in total. The maximum Gasteiger partial charge on any atom is 0.317 e. The lowest BCUT2D eigenvalue weighted by atomic mass is 10.2. The summed E-state index contributed by atoms with van der Waals surface area (Å²) < 4.78 is 5.63. The van der Waals surface area contributed by atoms with Crippen LogP contribution in [0.4, 0.5) is 0 Å². The number of nitrogens with zero attached hydrogens (tertiary/aromatic N) is 2. The van der Waals surface area contributed by atoms with E-state index in [2.05, 4.69) is 6.92 Å². The number of unbranched alkanes of at least 4 members (excludes halogenated alkanes) is 1. The number of thioether (sulfide) groups is 1. The van der Waals surface area contributed by atoms with Gasteiger partial charge in [0.2, 0.25) is 5.91 Å². The standard InChI is InChI=1S/C15H28N2O4S/c1-3-4-8-22-9-5-14(18)17-6-7-21-13(11-17)10-16(2)12-15(19)20/h13H,3-12H2,1-2H3,(H,19,20). The average molecular weight is 332 g/mol. The molecule has 1 aliphatic heterocycles. The molecule has 7 heteroatoms. The number of hydrogen-bond donors (Lipinski definition) is 1. The maximum absolute atomic E-state index is 12.2. The van der Waals surface area contributed by atoms with Crippen molar-refractivity contribution in [2.24, 2.45) is 0 Å². The fourth-order valence-electron chi connectivity index (χ4n) is 2.37. The molecule has 0 spiro atoms. The van der Waals surface area contributed by atoms with E-state index >= 15 is 0 Å². The van der Waals surface area contributed by atoms with Crippen molar-refractivity contribution in [3.63, 3.8) is 0 Å². The Hall–Kier alpha value is -0.790. The van der Waals surface area contributed by atoms with Crippen LogP contribution in [0, 0.1) is 0 Å². The minimum absolute atomic E-state index is 0.0120.